The fraction of sp³-hybridized carbons (Fsp3) is 0.841. The second kappa shape index (κ2) is 33.2. The second-order valence-corrected chi connectivity index (χ2v) is 14.9. The lowest BCUT2D eigenvalue weighted by Crippen LogP contribution is -2.16. The van der Waals surface area contributed by atoms with Crippen molar-refractivity contribution in [3.63, 3.8) is 0 Å². The number of hydrogen-bond donors (Lipinski definition) is 0. The van der Waals surface area contributed by atoms with Gasteiger partial charge in [-0.25, -0.2) is 0 Å². The predicted molar refractivity (Wildman–Crippen MR) is 208 cm³/mol. The first-order chi connectivity index (χ1) is 23.1. The molecule has 0 bridgehead atoms. The molecule has 0 amide bonds. The van der Waals surface area contributed by atoms with Gasteiger partial charge in [0.05, 0.1) is 0 Å². The summed E-state index contributed by atoms with van der Waals surface area (Å²) in [5.74, 6) is 1.27. The molecule has 0 aromatic rings. The minimum atomic E-state index is 0.0328. The molecule has 0 aromatic heterocycles. The van der Waals surface area contributed by atoms with E-state index in [9.17, 15) is 4.79 Å². The van der Waals surface area contributed by atoms with Crippen molar-refractivity contribution in [2.24, 2.45) is 11.8 Å². The third kappa shape index (κ3) is 28.2. The molecule has 274 valence electrons. The Morgan fingerprint density at radius 3 is 1.36 bits per heavy atom. The van der Waals surface area contributed by atoms with E-state index in [-0.39, 0.29) is 12.1 Å². The molecule has 1 aliphatic carbocycles. The zero-order chi connectivity index (χ0) is 34.0. The number of unbranched alkanes of at least 4 members (excludes halogenated alkanes) is 20. The Balaban J connectivity index is 2.14. The maximum Gasteiger partial charge on any atom is 0.306 e. The van der Waals surface area contributed by atoms with Crippen LogP contribution in [0.4, 0.5) is 0 Å². The maximum atomic E-state index is 12.5. The summed E-state index contributed by atoms with van der Waals surface area (Å²) in [5.41, 5.74) is 0. The normalized spacial score (nSPS) is 18.0. The Labute approximate surface area is 294 Å². The summed E-state index contributed by atoms with van der Waals surface area (Å²) in [7, 11) is 4.14. The van der Waals surface area contributed by atoms with Crippen molar-refractivity contribution >= 4 is 5.97 Å². The van der Waals surface area contributed by atoms with Crippen molar-refractivity contribution in [2.75, 3.05) is 20.6 Å². The van der Waals surface area contributed by atoms with Gasteiger partial charge in [0.1, 0.15) is 6.10 Å². The van der Waals surface area contributed by atoms with Gasteiger partial charge in [0.15, 0.2) is 0 Å². The van der Waals surface area contributed by atoms with E-state index in [2.05, 4.69) is 69.3 Å². The van der Waals surface area contributed by atoms with Gasteiger partial charge >= 0.3 is 5.97 Å². The van der Waals surface area contributed by atoms with Gasteiger partial charge in [0.2, 0.25) is 0 Å². The lowest BCUT2D eigenvalue weighted by Gasteiger charge is -2.09. The van der Waals surface area contributed by atoms with Gasteiger partial charge in [0, 0.05) is 18.3 Å². The van der Waals surface area contributed by atoms with Crippen LogP contribution in [0, 0.1) is 11.8 Å². The van der Waals surface area contributed by atoms with Crippen molar-refractivity contribution in [1.29, 1.82) is 0 Å². The number of nitrogens with zero attached hydrogens (tertiary/aromatic N) is 1. The van der Waals surface area contributed by atoms with Gasteiger partial charge in [0.25, 0.3) is 0 Å². The Hall–Kier alpha value is -1.35. The van der Waals surface area contributed by atoms with Gasteiger partial charge in [-0.1, -0.05) is 153 Å². The third-order valence-corrected chi connectivity index (χ3v) is 10.0. The molecular weight excluding hydrogens is 574 g/mol. The first kappa shape index (κ1) is 43.7. The van der Waals surface area contributed by atoms with E-state index < -0.39 is 0 Å². The van der Waals surface area contributed by atoms with Crippen LogP contribution in [0.5, 0.6) is 0 Å². The van der Waals surface area contributed by atoms with E-state index >= 15 is 0 Å². The largest absolute Gasteiger partial charge is 0.462 e. The molecule has 0 aromatic carbocycles. The monoisotopic (exact) mass is 656 g/mol. The molecule has 3 heteroatoms. The summed E-state index contributed by atoms with van der Waals surface area (Å²) in [4.78, 5) is 14.7. The number of ether oxygens (including phenoxy) is 1. The van der Waals surface area contributed by atoms with Crippen LogP contribution in [-0.4, -0.2) is 37.6 Å². The minimum absolute atomic E-state index is 0.0328. The molecule has 0 heterocycles. The number of allylic oxidation sites excluding steroid dienone is 6. The summed E-state index contributed by atoms with van der Waals surface area (Å²) < 4.78 is 6.05. The molecule has 1 saturated carbocycles. The standard InChI is InChI=1S/C44H81NO2/c1-5-7-9-11-13-15-17-19-21-23-25-27-29-31-33-35-38-42-41(44(42)47-43(46)39-36-40-45(3)4)37-34-32-30-28-26-24-22-20-18-16-14-12-10-8-6-2/h14,16,19-22,41-42,44H,5-13,15,17-18,23-40H2,1-4H3/b16-14-,21-19-,22-20-. The third-order valence-electron chi connectivity index (χ3n) is 10.0. The molecule has 0 N–H and O–H groups in total. The summed E-state index contributed by atoms with van der Waals surface area (Å²) in [6.07, 6.45) is 51.5. The van der Waals surface area contributed by atoms with Crippen LogP contribution in [0.25, 0.3) is 0 Å². The van der Waals surface area contributed by atoms with Crippen LogP contribution in [0.15, 0.2) is 36.5 Å². The predicted octanol–water partition coefficient (Wildman–Crippen LogP) is 13.7. The van der Waals surface area contributed by atoms with Crippen LogP contribution in [0.3, 0.4) is 0 Å². The fourth-order valence-electron chi connectivity index (χ4n) is 6.91. The molecule has 1 rings (SSSR count). The Kier molecular flexibility index (Phi) is 30.8. The first-order valence-electron chi connectivity index (χ1n) is 20.9. The zero-order valence-electron chi connectivity index (χ0n) is 32.2. The fourth-order valence-corrected chi connectivity index (χ4v) is 6.91. The molecule has 0 aliphatic heterocycles. The number of esters is 1. The van der Waals surface area contributed by atoms with Crippen molar-refractivity contribution in [1.82, 2.24) is 4.90 Å². The molecule has 0 radical (unpaired) electrons. The van der Waals surface area contributed by atoms with Crippen molar-refractivity contribution in [3.05, 3.63) is 36.5 Å². The van der Waals surface area contributed by atoms with Crippen LogP contribution in [-0.2, 0) is 9.53 Å². The van der Waals surface area contributed by atoms with Gasteiger partial charge in [-0.05, 0) is 97.7 Å². The van der Waals surface area contributed by atoms with Gasteiger partial charge < -0.3 is 9.64 Å². The SMILES string of the molecule is CCCCC/C=C\C/C=C\CCCCCCCC1C(CCCCCCCC/C=C\CCCCCCCC)C1OC(=O)CCCN(C)C. The molecule has 0 spiro atoms. The van der Waals surface area contributed by atoms with Crippen molar-refractivity contribution in [2.45, 2.75) is 206 Å². The lowest BCUT2D eigenvalue weighted by molar-refractivity contribution is -0.146. The number of hydrogen-bond acceptors (Lipinski definition) is 3. The number of carbonyl (C=O) groups is 1. The van der Waals surface area contributed by atoms with Crippen LogP contribution < -0.4 is 0 Å². The van der Waals surface area contributed by atoms with E-state index in [4.69, 9.17) is 4.74 Å². The highest BCUT2D eigenvalue weighted by atomic mass is 16.5. The molecular formula is C44H81NO2. The van der Waals surface area contributed by atoms with E-state index in [0.29, 0.717) is 18.3 Å². The van der Waals surface area contributed by atoms with Gasteiger partial charge in [-0.2, -0.15) is 0 Å². The lowest BCUT2D eigenvalue weighted by atomic mass is 10.0. The zero-order valence-corrected chi connectivity index (χ0v) is 32.2. The van der Waals surface area contributed by atoms with Gasteiger partial charge in [-0.15, -0.1) is 0 Å². The van der Waals surface area contributed by atoms with Crippen LogP contribution >= 0.6 is 0 Å². The number of carbonyl (C=O) groups excluding carboxylic acids is 1. The highest BCUT2D eigenvalue weighted by Gasteiger charge is 2.51. The topological polar surface area (TPSA) is 29.5 Å². The smallest absolute Gasteiger partial charge is 0.306 e. The van der Waals surface area contributed by atoms with E-state index in [0.717, 1.165) is 19.4 Å². The van der Waals surface area contributed by atoms with Crippen LogP contribution in [0.2, 0.25) is 0 Å². The van der Waals surface area contributed by atoms with Gasteiger partial charge in [-0.3, -0.25) is 4.79 Å². The highest BCUT2D eigenvalue weighted by molar-refractivity contribution is 5.69. The molecule has 3 nitrogen and oxygen atoms in total. The van der Waals surface area contributed by atoms with E-state index in [1.165, 1.54) is 167 Å². The molecule has 47 heavy (non-hydrogen) atoms. The van der Waals surface area contributed by atoms with E-state index in [1.807, 2.05) is 0 Å². The molecule has 3 unspecified atom stereocenters. The second-order valence-electron chi connectivity index (χ2n) is 14.9. The molecule has 1 fully saturated rings. The maximum absolute atomic E-state index is 12.5. The minimum Gasteiger partial charge on any atom is -0.462 e. The number of rotatable bonds is 35. The molecule has 3 atom stereocenters. The van der Waals surface area contributed by atoms with Crippen molar-refractivity contribution in [3.8, 4) is 0 Å². The first-order valence-corrected chi connectivity index (χ1v) is 20.9. The summed E-state index contributed by atoms with van der Waals surface area (Å²) >= 11 is 0. The Morgan fingerprint density at radius 1 is 0.511 bits per heavy atom. The average Bonchev–Trinajstić information content (AvgIpc) is 3.71. The molecule has 0 saturated heterocycles. The Morgan fingerprint density at radius 2 is 0.894 bits per heavy atom. The summed E-state index contributed by atoms with van der Waals surface area (Å²) in [6, 6.07) is 0. The van der Waals surface area contributed by atoms with Crippen molar-refractivity contribution < 1.29 is 9.53 Å². The quantitative estimate of drug-likeness (QED) is 0.0386. The average molecular weight is 656 g/mol. The Bertz CT molecular complexity index is 769. The van der Waals surface area contributed by atoms with E-state index in [1.54, 1.807) is 0 Å². The van der Waals surface area contributed by atoms with Crippen LogP contribution in [0.1, 0.15) is 200 Å². The molecule has 1 aliphatic rings. The summed E-state index contributed by atoms with van der Waals surface area (Å²) in [6.45, 7) is 5.51. The highest BCUT2D eigenvalue weighted by Crippen LogP contribution is 2.48. The summed E-state index contributed by atoms with van der Waals surface area (Å²) in [5, 5.41) is 0.